The molecule has 0 amide bonds. The number of rotatable bonds is 4. The Bertz CT molecular complexity index is 501. The molecule has 2 atom stereocenters. The molecule has 0 saturated carbocycles. The Labute approximate surface area is 152 Å². The Hall–Kier alpha value is 0.830. The molecule has 0 aromatic heterocycles. The monoisotopic (exact) mass is 326 g/mol. The van der Waals surface area contributed by atoms with Gasteiger partial charge in [0.2, 0.25) is 0 Å². The van der Waals surface area contributed by atoms with Gasteiger partial charge in [-0.3, -0.25) is 9.13 Å². The largest absolute Gasteiger partial charge is 1.00 e. The number of phosphoric ester groups is 1. The van der Waals surface area contributed by atoms with Crippen molar-refractivity contribution in [3.63, 3.8) is 0 Å². The molecule has 0 aliphatic rings. The fraction of sp³-hybridized carbons (Fsp3) is 0. The van der Waals surface area contributed by atoms with Crippen LogP contribution in [0.2, 0.25) is 0 Å². The third-order valence-corrected chi connectivity index (χ3v) is 2.92. The van der Waals surface area contributed by atoms with Gasteiger partial charge in [-0.25, -0.2) is 4.79 Å². The molecule has 1 aromatic rings. The maximum atomic E-state index is 11.1. The standard InChI is InChI=1S/C7H8O8P2.2Na/c8-7(15-17(11,12)13)16(9,10)14-6-4-2-1-3-5-6;;/h1-5H,(H,9,10)(H2,11,12,13);;/q;2*+1/p-2. The Morgan fingerprint density at radius 3 is 2.00 bits per heavy atom. The maximum Gasteiger partial charge on any atom is 1.00 e. The zero-order valence-corrected chi connectivity index (χ0v) is 15.9. The Morgan fingerprint density at radius 1 is 1.11 bits per heavy atom. The number of carbonyl (C=O) groups excluding carboxylic acids is 1. The molecule has 0 aliphatic heterocycles. The van der Waals surface area contributed by atoms with Crippen molar-refractivity contribution in [2.24, 2.45) is 0 Å². The first-order valence-electron chi connectivity index (χ1n) is 4.04. The van der Waals surface area contributed by atoms with Crippen LogP contribution < -0.4 is 73.4 Å². The van der Waals surface area contributed by atoms with E-state index >= 15 is 0 Å². The molecule has 1 N–H and O–H groups in total. The molecule has 8 nitrogen and oxygen atoms in total. The molecule has 0 fully saturated rings. The van der Waals surface area contributed by atoms with Gasteiger partial charge in [-0.15, -0.1) is 0 Å². The predicted molar refractivity (Wildman–Crippen MR) is 51.0 cm³/mol. The molecule has 0 radical (unpaired) electrons. The summed E-state index contributed by atoms with van der Waals surface area (Å²) >= 11 is 0. The van der Waals surface area contributed by atoms with Gasteiger partial charge < -0.3 is 23.7 Å². The van der Waals surface area contributed by atoms with Crippen LogP contribution in [-0.4, -0.2) is 10.6 Å². The van der Waals surface area contributed by atoms with Crippen LogP contribution in [0.15, 0.2) is 30.3 Å². The van der Waals surface area contributed by atoms with Crippen LogP contribution in [0.25, 0.3) is 0 Å². The van der Waals surface area contributed by atoms with Gasteiger partial charge in [0.1, 0.15) is 5.75 Å². The SMILES string of the molecule is O=C(OP(=O)([O-])O)P(=O)([O-])Oc1ccccc1.[Na+].[Na+]. The van der Waals surface area contributed by atoms with Crippen LogP contribution in [0, 0.1) is 0 Å². The van der Waals surface area contributed by atoms with Crippen LogP contribution in [-0.2, 0) is 13.7 Å². The van der Waals surface area contributed by atoms with Crippen molar-refractivity contribution >= 4 is 21.1 Å². The number of para-hydroxylation sites is 1. The summed E-state index contributed by atoms with van der Waals surface area (Å²) in [6.07, 6.45) is 0. The fourth-order valence-corrected chi connectivity index (χ4v) is 2.19. The van der Waals surface area contributed by atoms with E-state index in [2.05, 4.69) is 9.05 Å². The number of phosphoric acid groups is 1. The summed E-state index contributed by atoms with van der Waals surface area (Å²) < 4.78 is 28.9. The summed E-state index contributed by atoms with van der Waals surface area (Å²) in [6, 6.07) is 6.90. The fourth-order valence-electron chi connectivity index (χ4n) is 0.806. The summed E-state index contributed by atoms with van der Waals surface area (Å²) in [5.41, 5.74) is -2.19. The molecule has 0 heterocycles. The Morgan fingerprint density at radius 2 is 1.58 bits per heavy atom. The zero-order chi connectivity index (χ0) is 13.1. The molecule has 2 unspecified atom stereocenters. The molecule has 0 spiro atoms. The maximum absolute atomic E-state index is 11.1. The van der Waals surface area contributed by atoms with E-state index in [0.29, 0.717) is 0 Å². The average molecular weight is 326 g/mol. The molecular formula is C7H6Na2O8P2. The minimum atomic E-state index is -5.47. The number of hydrogen-bond donors (Lipinski definition) is 1. The second-order valence-corrected chi connectivity index (χ2v) is 5.39. The molecule has 1 aromatic carbocycles. The first kappa shape index (κ1) is 22.1. The van der Waals surface area contributed by atoms with Crippen molar-refractivity contribution in [2.45, 2.75) is 0 Å². The van der Waals surface area contributed by atoms with E-state index in [1.165, 1.54) is 24.3 Å². The summed E-state index contributed by atoms with van der Waals surface area (Å²) in [5.74, 6) is -0.193. The van der Waals surface area contributed by atoms with Crippen molar-refractivity contribution in [3.8, 4) is 5.75 Å². The average Bonchev–Trinajstić information content (AvgIpc) is 2.15. The van der Waals surface area contributed by atoms with Crippen LogP contribution in [0.1, 0.15) is 0 Å². The molecular weight excluding hydrogens is 320 g/mol. The van der Waals surface area contributed by atoms with Gasteiger partial charge in [0, 0.05) is 0 Å². The van der Waals surface area contributed by atoms with Gasteiger partial charge in [0.15, 0.2) is 0 Å². The summed E-state index contributed by atoms with van der Waals surface area (Å²) in [4.78, 5) is 40.3. The van der Waals surface area contributed by atoms with Crippen molar-refractivity contribution in [3.05, 3.63) is 30.3 Å². The number of hydrogen-bond acceptors (Lipinski definition) is 7. The minimum Gasteiger partial charge on any atom is -0.761 e. The number of carbonyl (C=O) groups is 1. The molecule has 0 aliphatic carbocycles. The van der Waals surface area contributed by atoms with Crippen molar-refractivity contribution in [2.75, 3.05) is 0 Å². The summed E-state index contributed by atoms with van der Waals surface area (Å²) in [6.45, 7) is 0. The molecule has 19 heavy (non-hydrogen) atoms. The van der Waals surface area contributed by atoms with E-state index in [4.69, 9.17) is 4.89 Å². The smallest absolute Gasteiger partial charge is 0.761 e. The third kappa shape index (κ3) is 8.65. The topological polar surface area (TPSA) is 136 Å². The van der Waals surface area contributed by atoms with E-state index < -0.39 is 21.1 Å². The van der Waals surface area contributed by atoms with Gasteiger partial charge in [0.25, 0.3) is 7.60 Å². The summed E-state index contributed by atoms with van der Waals surface area (Å²) in [7, 11) is -10.7. The zero-order valence-electron chi connectivity index (χ0n) is 10.1. The van der Waals surface area contributed by atoms with Gasteiger partial charge in [-0.2, -0.15) is 0 Å². The van der Waals surface area contributed by atoms with Crippen LogP contribution >= 0.6 is 15.4 Å². The first-order valence-corrected chi connectivity index (χ1v) is 7.08. The molecule has 94 valence electrons. The van der Waals surface area contributed by atoms with Crippen LogP contribution in [0.3, 0.4) is 0 Å². The second kappa shape index (κ2) is 8.97. The van der Waals surface area contributed by atoms with E-state index in [9.17, 15) is 23.7 Å². The van der Waals surface area contributed by atoms with Gasteiger partial charge in [0.05, 0.1) is 0 Å². The second-order valence-electron chi connectivity index (χ2n) is 2.73. The van der Waals surface area contributed by atoms with Crippen molar-refractivity contribution in [1.82, 2.24) is 0 Å². The molecule has 1 rings (SSSR count). The molecule has 0 bridgehead atoms. The van der Waals surface area contributed by atoms with Gasteiger partial charge in [-0.05, 0) is 12.1 Å². The molecule has 0 saturated heterocycles. The minimum absolute atomic E-state index is 0. The Balaban J connectivity index is 0. The third-order valence-electron chi connectivity index (χ3n) is 1.39. The van der Waals surface area contributed by atoms with E-state index in [0.717, 1.165) is 0 Å². The Kier molecular flexibility index (Phi) is 10.4. The van der Waals surface area contributed by atoms with E-state index in [1.807, 2.05) is 0 Å². The van der Waals surface area contributed by atoms with Crippen molar-refractivity contribution < 1.29 is 96.8 Å². The molecule has 12 heteroatoms. The quantitative estimate of drug-likeness (QED) is 0.427. The van der Waals surface area contributed by atoms with E-state index in [1.54, 1.807) is 6.07 Å². The normalized spacial score (nSPS) is 15.7. The van der Waals surface area contributed by atoms with E-state index in [-0.39, 0.29) is 64.9 Å². The van der Waals surface area contributed by atoms with Gasteiger partial charge >= 0.3 is 72.6 Å². The van der Waals surface area contributed by atoms with Crippen LogP contribution in [0.4, 0.5) is 4.79 Å². The number of benzene rings is 1. The van der Waals surface area contributed by atoms with Crippen molar-refractivity contribution in [1.29, 1.82) is 0 Å². The van der Waals surface area contributed by atoms with Crippen LogP contribution in [0.5, 0.6) is 5.75 Å². The first-order chi connectivity index (χ1) is 7.71. The predicted octanol–water partition coefficient (Wildman–Crippen LogP) is -5.78. The van der Waals surface area contributed by atoms with Gasteiger partial charge in [-0.1, -0.05) is 18.2 Å². The summed E-state index contributed by atoms with van der Waals surface area (Å²) in [5, 5.41) is 0.